The second kappa shape index (κ2) is 10.8. The second-order valence-electron chi connectivity index (χ2n) is 7.91. The second-order valence-corrected chi connectivity index (χ2v) is 7.91. The number of aldehydes is 1. The van der Waals surface area contributed by atoms with Crippen LogP contribution in [0.1, 0.15) is 43.4 Å². The first-order chi connectivity index (χ1) is 15.9. The van der Waals surface area contributed by atoms with Crippen LogP contribution in [0.4, 0.5) is 10.5 Å². The topological polar surface area (TPSA) is 112 Å². The minimum absolute atomic E-state index is 0.107. The lowest BCUT2D eigenvalue weighted by atomic mass is 9.98. The van der Waals surface area contributed by atoms with Crippen molar-refractivity contribution in [2.24, 2.45) is 0 Å². The highest BCUT2D eigenvalue weighted by molar-refractivity contribution is 5.72. The number of rotatable bonds is 9. The Balaban J connectivity index is 1.89. The number of ether oxygens (including phenoxy) is 2. The summed E-state index contributed by atoms with van der Waals surface area (Å²) in [4.78, 5) is 24.9. The van der Waals surface area contributed by atoms with Gasteiger partial charge in [-0.05, 0) is 55.3 Å². The first kappa shape index (κ1) is 24.1. The molecule has 1 saturated heterocycles. The predicted octanol–water partition coefficient (Wildman–Crippen LogP) is 4.14. The molecule has 8 nitrogen and oxygen atoms in total. The molecule has 174 valence electrons. The molecule has 33 heavy (non-hydrogen) atoms. The summed E-state index contributed by atoms with van der Waals surface area (Å²) in [5, 5.41) is 21.4. The standard InChI is InChI=1S/C25H29N3O5/c1-3-18-13-20(15-23(14-18)33-22-9-11-28(12-10-22)24(30)31)25(17-29,32-4-2)27-21-7-5-19(16-26)6-8-21/h5-8,13-15,17,22,27H,3-4,9-12H2,1-2H3,(H,30,31). The van der Waals surface area contributed by atoms with E-state index in [0.717, 1.165) is 18.3 Å². The largest absolute Gasteiger partial charge is 0.490 e. The van der Waals surface area contributed by atoms with E-state index in [4.69, 9.17) is 19.8 Å². The summed E-state index contributed by atoms with van der Waals surface area (Å²) in [5.74, 6) is 0.616. The highest BCUT2D eigenvalue weighted by atomic mass is 16.5. The SMILES string of the molecule is CCOC(C=O)(Nc1ccc(C#N)cc1)c1cc(CC)cc(OC2CCN(C(=O)O)CC2)c1. The van der Waals surface area contributed by atoms with Crippen LogP contribution in [-0.4, -0.2) is 48.2 Å². The van der Waals surface area contributed by atoms with Crippen LogP contribution in [0.25, 0.3) is 0 Å². The number of carbonyl (C=O) groups excluding carboxylic acids is 1. The van der Waals surface area contributed by atoms with Gasteiger partial charge in [-0.2, -0.15) is 5.26 Å². The van der Waals surface area contributed by atoms with Gasteiger partial charge in [0.25, 0.3) is 0 Å². The molecule has 0 aliphatic carbocycles. The maximum Gasteiger partial charge on any atom is 0.407 e. The molecule has 0 saturated carbocycles. The minimum atomic E-state index is -1.43. The summed E-state index contributed by atoms with van der Waals surface area (Å²) in [6, 6.07) is 14.5. The Bertz CT molecular complexity index is 1010. The number of piperidine rings is 1. The predicted molar refractivity (Wildman–Crippen MR) is 123 cm³/mol. The third-order valence-corrected chi connectivity index (χ3v) is 5.70. The van der Waals surface area contributed by atoms with Gasteiger partial charge in [-0.1, -0.05) is 13.0 Å². The van der Waals surface area contributed by atoms with Gasteiger partial charge in [-0.3, -0.25) is 4.79 Å². The summed E-state index contributed by atoms with van der Waals surface area (Å²) in [6.45, 7) is 4.99. The molecule has 1 fully saturated rings. The molecule has 1 atom stereocenters. The number of likely N-dealkylation sites (tertiary alicyclic amines) is 1. The third-order valence-electron chi connectivity index (χ3n) is 5.70. The molecule has 2 aromatic rings. The molecule has 1 amide bonds. The van der Waals surface area contributed by atoms with Crippen molar-refractivity contribution in [1.82, 2.24) is 4.90 Å². The smallest absolute Gasteiger partial charge is 0.407 e. The first-order valence-corrected chi connectivity index (χ1v) is 11.1. The molecule has 0 radical (unpaired) electrons. The van der Waals surface area contributed by atoms with Crippen molar-refractivity contribution in [2.75, 3.05) is 25.0 Å². The lowest BCUT2D eigenvalue weighted by molar-refractivity contribution is -0.128. The van der Waals surface area contributed by atoms with Gasteiger partial charge in [0.2, 0.25) is 5.72 Å². The number of hydrogen-bond acceptors (Lipinski definition) is 6. The van der Waals surface area contributed by atoms with Gasteiger partial charge in [0.1, 0.15) is 11.9 Å². The number of nitrogens with zero attached hydrogens (tertiary/aromatic N) is 2. The summed E-state index contributed by atoms with van der Waals surface area (Å²) in [7, 11) is 0. The van der Waals surface area contributed by atoms with Crippen molar-refractivity contribution in [3.8, 4) is 11.8 Å². The number of carboxylic acid groups (broad SMARTS) is 1. The molecule has 0 spiro atoms. The number of amides is 1. The van der Waals surface area contributed by atoms with Crippen molar-refractivity contribution >= 4 is 18.1 Å². The molecule has 0 bridgehead atoms. The van der Waals surface area contributed by atoms with Gasteiger partial charge in [0.05, 0.1) is 11.6 Å². The van der Waals surface area contributed by atoms with E-state index in [2.05, 4.69) is 11.4 Å². The van der Waals surface area contributed by atoms with Crippen LogP contribution in [0.2, 0.25) is 0 Å². The fourth-order valence-corrected chi connectivity index (χ4v) is 3.90. The average Bonchev–Trinajstić information content (AvgIpc) is 2.84. The zero-order chi connectivity index (χ0) is 23.8. The molecule has 1 aliphatic rings. The fraction of sp³-hybridized carbons (Fsp3) is 0.400. The van der Waals surface area contributed by atoms with Gasteiger partial charge in [0.15, 0.2) is 6.29 Å². The van der Waals surface area contributed by atoms with Gasteiger partial charge in [-0.15, -0.1) is 0 Å². The molecule has 1 unspecified atom stereocenters. The lowest BCUT2D eigenvalue weighted by Crippen LogP contribution is -2.41. The summed E-state index contributed by atoms with van der Waals surface area (Å²) in [5.41, 5.74) is 1.32. The molecule has 2 aromatic carbocycles. The lowest BCUT2D eigenvalue weighted by Gasteiger charge is -2.33. The highest BCUT2D eigenvalue weighted by Crippen LogP contribution is 2.32. The average molecular weight is 452 g/mol. The molecule has 8 heteroatoms. The van der Waals surface area contributed by atoms with E-state index in [1.54, 1.807) is 30.3 Å². The molecule has 0 aromatic heterocycles. The summed E-state index contributed by atoms with van der Waals surface area (Å²) < 4.78 is 12.1. The summed E-state index contributed by atoms with van der Waals surface area (Å²) in [6.07, 6.45) is 1.66. The number of benzene rings is 2. The van der Waals surface area contributed by atoms with Crippen molar-refractivity contribution in [3.63, 3.8) is 0 Å². The van der Waals surface area contributed by atoms with Crippen molar-refractivity contribution in [1.29, 1.82) is 5.26 Å². The van der Waals surface area contributed by atoms with E-state index < -0.39 is 11.8 Å². The van der Waals surface area contributed by atoms with Gasteiger partial charge >= 0.3 is 6.09 Å². The molecule has 1 heterocycles. The number of nitriles is 1. The molecular formula is C25H29N3O5. The maximum atomic E-state index is 12.4. The Kier molecular flexibility index (Phi) is 7.91. The summed E-state index contributed by atoms with van der Waals surface area (Å²) >= 11 is 0. The number of aryl methyl sites for hydroxylation is 1. The number of anilines is 1. The molecule has 1 aliphatic heterocycles. The Morgan fingerprint density at radius 3 is 2.48 bits per heavy atom. The van der Waals surface area contributed by atoms with Crippen molar-refractivity contribution in [3.05, 3.63) is 59.2 Å². The van der Waals surface area contributed by atoms with E-state index in [9.17, 15) is 9.59 Å². The van der Waals surface area contributed by atoms with Crippen LogP contribution >= 0.6 is 0 Å². The Labute approximate surface area is 193 Å². The van der Waals surface area contributed by atoms with Crippen LogP contribution in [0.5, 0.6) is 5.75 Å². The van der Waals surface area contributed by atoms with E-state index in [1.165, 1.54) is 4.90 Å². The van der Waals surface area contributed by atoms with Crippen LogP contribution < -0.4 is 10.1 Å². The Morgan fingerprint density at radius 1 is 1.24 bits per heavy atom. The third kappa shape index (κ3) is 5.82. The van der Waals surface area contributed by atoms with Crippen LogP contribution in [0, 0.1) is 11.3 Å². The van der Waals surface area contributed by atoms with Crippen molar-refractivity contribution < 1.29 is 24.2 Å². The molecule has 3 rings (SSSR count). The highest BCUT2D eigenvalue weighted by Gasteiger charge is 2.34. The molecular weight excluding hydrogens is 422 g/mol. The van der Waals surface area contributed by atoms with E-state index in [1.807, 2.05) is 26.0 Å². The quantitative estimate of drug-likeness (QED) is 0.435. The van der Waals surface area contributed by atoms with Crippen LogP contribution in [0.3, 0.4) is 0 Å². The fourth-order valence-electron chi connectivity index (χ4n) is 3.90. The van der Waals surface area contributed by atoms with Crippen LogP contribution in [-0.2, 0) is 21.7 Å². The number of nitrogens with one attached hydrogen (secondary N) is 1. The first-order valence-electron chi connectivity index (χ1n) is 11.1. The Hall–Kier alpha value is -3.57. The van der Waals surface area contributed by atoms with Crippen molar-refractivity contribution in [2.45, 2.75) is 44.9 Å². The number of carbonyl (C=O) groups is 2. The van der Waals surface area contributed by atoms with Gasteiger partial charge in [0, 0.05) is 43.8 Å². The normalized spacial score (nSPS) is 15.8. The Morgan fingerprint density at radius 2 is 1.94 bits per heavy atom. The van der Waals surface area contributed by atoms with Crippen LogP contribution in [0.15, 0.2) is 42.5 Å². The van der Waals surface area contributed by atoms with E-state index >= 15 is 0 Å². The zero-order valence-corrected chi connectivity index (χ0v) is 18.9. The van der Waals surface area contributed by atoms with E-state index in [-0.39, 0.29) is 6.10 Å². The molecule has 2 N–H and O–H groups in total. The van der Waals surface area contributed by atoms with E-state index in [0.29, 0.717) is 55.1 Å². The van der Waals surface area contributed by atoms with Gasteiger partial charge in [-0.25, -0.2) is 4.79 Å². The minimum Gasteiger partial charge on any atom is -0.490 e. The monoisotopic (exact) mass is 451 g/mol. The zero-order valence-electron chi connectivity index (χ0n) is 18.9. The maximum absolute atomic E-state index is 12.4. The van der Waals surface area contributed by atoms with Gasteiger partial charge < -0.3 is 24.8 Å². The number of hydrogen-bond donors (Lipinski definition) is 2.